The number of hydrogen-bond donors (Lipinski definition) is 2. The molecule has 0 saturated carbocycles. The van der Waals surface area contributed by atoms with Crippen LogP contribution in [-0.2, 0) is 11.3 Å². The molecule has 21 heavy (non-hydrogen) atoms. The van der Waals surface area contributed by atoms with Crippen LogP contribution in [0.5, 0.6) is 5.75 Å². The molecule has 2 rings (SSSR count). The van der Waals surface area contributed by atoms with Gasteiger partial charge in [-0.05, 0) is 25.5 Å². The third kappa shape index (κ3) is 4.93. The van der Waals surface area contributed by atoms with Crippen molar-refractivity contribution >= 4 is 5.91 Å². The summed E-state index contributed by atoms with van der Waals surface area (Å²) < 4.78 is 40.8. The first-order valence-electron chi connectivity index (χ1n) is 6.78. The van der Waals surface area contributed by atoms with Crippen molar-refractivity contribution in [2.45, 2.75) is 25.7 Å². The minimum absolute atomic E-state index is 0.0155. The highest BCUT2D eigenvalue weighted by Crippen LogP contribution is 2.26. The molecule has 0 aliphatic carbocycles. The van der Waals surface area contributed by atoms with Crippen LogP contribution in [0, 0.1) is 5.92 Å². The summed E-state index contributed by atoms with van der Waals surface area (Å²) in [5.41, 5.74) is 0.298. The molecule has 1 saturated heterocycles. The molecule has 0 radical (unpaired) electrons. The molecule has 0 aromatic heterocycles. The molecule has 1 heterocycles. The number of benzene rings is 1. The van der Waals surface area contributed by atoms with Gasteiger partial charge in [-0.25, -0.2) is 0 Å². The van der Waals surface area contributed by atoms with Gasteiger partial charge in [0.25, 0.3) is 0 Å². The van der Waals surface area contributed by atoms with E-state index in [1.54, 1.807) is 6.07 Å². The summed E-state index contributed by atoms with van der Waals surface area (Å²) in [5, 5.41) is 5.79. The Kier molecular flexibility index (Phi) is 5.06. The van der Waals surface area contributed by atoms with Crippen LogP contribution in [0.2, 0.25) is 0 Å². The average Bonchev–Trinajstić information content (AvgIpc) is 2.45. The van der Waals surface area contributed by atoms with E-state index in [4.69, 9.17) is 0 Å². The second kappa shape index (κ2) is 6.80. The lowest BCUT2D eigenvalue weighted by atomic mass is 9.99. The summed E-state index contributed by atoms with van der Waals surface area (Å²) in [7, 11) is 0. The van der Waals surface area contributed by atoms with Crippen molar-refractivity contribution in [1.29, 1.82) is 0 Å². The summed E-state index contributed by atoms with van der Waals surface area (Å²) in [5.74, 6) is -0.564. The first kappa shape index (κ1) is 15.6. The summed E-state index contributed by atoms with van der Waals surface area (Å²) >= 11 is 0. The summed E-state index contributed by atoms with van der Waals surface area (Å²) in [6.45, 7) is 1.51. The van der Waals surface area contributed by atoms with Gasteiger partial charge in [0.1, 0.15) is 5.75 Å². The fraction of sp³-hybridized carbons (Fsp3) is 0.500. The predicted octanol–water partition coefficient (Wildman–Crippen LogP) is 2.20. The minimum atomic E-state index is -4.74. The van der Waals surface area contributed by atoms with E-state index in [1.165, 1.54) is 18.2 Å². The Labute approximate surface area is 120 Å². The highest BCUT2D eigenvalue weighted by Gasteiger charge is 2.32. The largest absolute Gasteiger partial charge is 0.573 e. The lowest BCUT2D eigenvalue weighted by Crippen LogP contribution is -2.40. The number of ether oxygens (including phenoxy) is 1. The number of halogens is 3. The average molecular weight is 302 g/mol. The van der Waals surface area contributed by atoms with E-state index in [-0.39, 0.29) is 24.1 Å². The van der Waals surface area contributed by atoms with Crippen molar-refractivity contribution in [3.8, 4) is 5.75 Å². The Morgan fingerprint density at radius 2 is 2.14 bits per heavy atom. The number of piperidine rings is 1. The van der Waals surface area contributed by atoms with Crippen molar-refractivity contribution in [2.24, 2.45) is 5.92 Å². The molecular weight excluding hydrogens is 285 g/mol. The Morgan fingerprint density at radius 1 is 1.38 bits per heavy atom. The number of nitrogens with one attached hydrogen (secondary N) is 2. The number of alkyl halides is 3. The highest BCUT2D eigenvalue weighted by atomic mass is 19.4. The van der Waals surface area contributed by atoms with Crippen LogP contribution in [0.3, 0.4) is 0 Å². The van der Waals surface area contributed by atoms with E-state index in [1.807, 2.05) is 0 Å². The zero-order valence-corrected chi connectivity index (χ0v) is 11.4. The van der Waals surface area contributed by atoms with Crippen LogP contribution in [0.15, 0.2) is 24.3 Å². The Balaban J connectivity index is 1.94. The number of rotatable bonds is 4. The van der Waals surface area contributed by atoms with E-state index in [2.05, 4.69) is 15.4 Å². The monoisotopic (exact) mass is 302 g/mol. The van der Waals surface area contributed by atoms with E-state index < -0.39 is 6.36 Å². The SMILES string of the molecule is O=C(NCc1ccccc1OC(F)(F)F)[C@@H]1CCCNC1. The van der Waals surface area contributed by atoms with Gasteiger partial charge in [-0.3, -0.25) is 4.79 Å². The smallest absolute Gasteiger partial charge is 0.405 e. The maximum absolute atomic E-state index is 12.3. The van der Waals surface area contributed by atoms with Gasteiger partial charge in [0.2, 0.25) is 5.91 Å². The summed E-state index contributed by atoms with van der Waals surface area (Å²) in [4.78, 5) is 12.0. The van der Waals surface area contributed by atoms with Crippen LogP contribution >= 0.6 is 0 Å². The van der Waals surface area contributed by atoms with Gasteiger partial charge in [0, 0.05) is 18.7 Å². The molecular formula is C14H17F3N2O2. The van der Waals surface area contributed by atoms with Gasteiger partial charge in [-0.15, -0.1) is 13.2 Å². The summed E-state index contributed by atoms with van der Waals surface area (Å²) in [6, 6.07) is 5.79. The Hall–Kier alpha value is -1.76. The van der Waals surface area contributed by atoms with E-state index in [0.717, 1.165) is 19.4 Å². The maximum atomic E-state index is 12.3. The van der Waals surface area contributed by atoms with Gasteiger partial charge in [-0.2, -0.15) is 0 Å². The van der Waals surface area contributed by atoms with Crippen LogP contribution in [0.25, 0.3) is 0 Å². The number of amides is 1. The Bertz CT molecular complexity index is 485. The molecule has 0 unspecified atom stereocenters. The molecule has 1 aliphatic heterocycles. The molecule has 1 amide bonds. The zero-order valence-electron chi connectivity index (χ0n) is 11.4. The van der Waals surface area contributed by atoms with Gasteiger partial charge in [0.15, 0.2) is 0 Å². The van der Waals surface area contributed by atoms with Gasteiger partial charge >= 0.3 is 6.36 Å². The number of carbonyl (C=O) groups excluding carboxylic acids is 1. The third-order valence-electron chi connectivity index (χ3n) is 3.32. The first-order valence-corrected chi connectivity index (χ1v) is 6.78. The number of hydrogen-bond acceptors (Lipinski definition) is 3. The molecule has 7 heteroatoms. The van der Waals surface area contributed by atoms with Gasteiger partial charge in [0.05, 0.1) is 5.92 Å². The van der Waals surface area contributed by atoms with Crippen molar-refractivity contribution in [2.75, 3.05) is 13.1 Å². The van der Waals surface area contributed by atoms with Gasteiger partial charge < -0.3 is 15.4 Å². The Morgan fingerprint density at radius 3 is 2.81 bits per heavy atom. The van der Waals surface area contributed by atoms with Crippen molar-refractivity contribution in [3.63, 3.8) is 0 Å². The van der Waals surface area contributed by atoms with Gasteiger partial charge in [-0.1, -0.05) is 18.2 Å². The molecule has 2 N–H and O–H groups in total. The standard InChI is InChI=1S/C14H17F3N2O2/c15-14(16,17)21-12-6-2-1-4-10(12)9-19-13(20)11-5-3-7-18-8-11/h1-2,4,6,11,18H,3,5,7-9H2,(H,19,20)/t11-/m1/s1. The molecule has 4 nitrogen and oxygen atoms in total. The number of para-hydroxylation sites is 1. The molecule has 1 aromatic carbocycles. The van der Waals surface area contributed by atoms with E-state index in [9.17, 15) is 18.0 Å². The van der Waals surface area contributed by atoms with E-state index >= 15 is 0 Å². The predicted molar refractivity (Wildman–Crippen MR) is 70.6 cm³/mol. The van der Waals surface area contributed by atoms with Crippen LogP contribution in [-0.4, -0.2) is 25.4 Å². The minimum Gasteiger partial charge on any atom is -0.405 e. The third-order valence-corrected chi connectivity index (χ3v) is 3.32. The summed E-state index contributed by atoms with van der Waals surface area (Å²) in [6.07, 6.45) is -3.03. The van der Waals surface area contributed by atoms with Crippen molar-refractivity contribution in [1.82, 2.24) is 10.6 Å². The molecule has 1 aromatic rings. The normalized spacial score (nSPS) is 19.1. The fourth-order valence-electron chi connectivity index (χ4n) is 2.28. The highest BCUT2D eigenvalue weighted by molar-refractivity contribution is 5.79. The van der Waals surface area contributed by atoms with Crippen LogP contribution < -0.4 is 15.4 Å². The topological polar surface area (TPSA) is 50.4 Å². The lowest BCUT2D eigenvalue weighted by molar-refractivity contribution is -0.274. The molecule has 1 fully saturated rings. The molecule has 0 spiro atoms. The van der Waals surface area contributed by atoms with Crippen molar-refractivity contribution in [3.05, 3.63) is 29.8 Å². The quantitative estimate of drug-likeness (QED) is 0.896. The second-order valence-corrected chi connectivity index (χ2v) is 4.92. The first-order chi connectivity index (χ1) is 9.96. The zero-order chi connectivity index (χ0) is 15.3. The fourth-order valence-corrected chi connectivity index (χ4v) is 2.28. The lowest BCUT2D eigenvalue weighted by Gasteiger charge is -2.22. The van der Waals surface area contributed by atoms with E-state index in [0.29, 0.717) is 12.1 Å². The van der Waals surface area contributed by atoms with Crippen molar-refractivity contribution < 1.29 is 22.7 Å². The maximum Gasteiger partial charge on any atom is 0.573 e. The van der Waals surface area contributed by atoms with Crippen LogP contribution in [0.4, 0.5) is 13.2 Å². The molecule has 116 valence electrons. The molecule has 0 bridgehead atoms. The molecule has 1 atom stereocenters. The van der Waals surface area contributed by atoms with Crippen LogP contribution in [0.1, 0.15) is 18.4 Å². The number of carbonyl (C=O) groups is 1. The molecule has 1 aliphatic rings. The second-order valence-electron chi connectivity index (χ2n) is 4.92.